The van der Waals surface area contributed by atoms with Crippen LogP contribution in [0.5, 0.6) is 0 Å². The summed E-state index contributed by atoms with van der Waals surface area (Å²) in [5.41, 5.74) is 8.83. The molecule has 0 aromatic heterocycles. The molecular weight excluding hydrogens is 350 g/mol. The molecule has 1 heterocycles. The average molecular weight is 373 g/mol. The second-order valence-electron chi connectivity index (χ2n) is 6.71. The molecule has 3 rings (SSSR count). The molecule has 6 nitrogen and oxygen atoms in total. The number of carbonyl (C=O) groups is 1. The zero-order chi connectivity index (χ0) is 18.9. The standard InChI is InChI=1S/C19H23N3O3S/c1-13(2)21-26(24,25)15-7-3-6-14(12-15)19(23)22-11-5-8-16-17(20)9-4-10-18(16)22/h3-4,6-7,9-10,12-13,21H,5,8,11,20H2,1-2H3. The van der Waals surface area contributed by atoms with Gasteiger partial charge in [-0.2, -0.15) is 0 Å². The van der Waals surface area contributed by atoms with Gasteiger partial charge in [0.1, 0.15) is 0 Å². The number of nitrogens with one attached hydrogen (secondary N) is 1. The Hall–Kier alpha value is -2.38. The minimum atomic E-state index is -3.65. The maximum Gasteiger partial charge on any atom is 0.258 e. The van der Waals surface area contributed by atoms with Gasteiger partial charge >= 0.3 is 0 Å². The maximum atomic E-state index is 13.0. The fraction of sp³-hybridized carbons (Fsp3) is 0.316. The Balaban J connectivity index is 1.96. The zero-order valence-electron chi connectivity index (χ0n) is 14.9. The summed E-state index contributed by atoms with van der Waals surface area (Å²) in [5.74, 6) is -0.224. The second kappa shape index (κ2) is 7.09. The molecule has 1 aliphatic rings. The summed E-state index contributed by atoms with van der Waals surface area (Å²) in [5, 5.41) is 0. The van der Waals surface area contributed by atoms with Gasteiger partial charge in [-0.25, -0.2) is 13.1 Å². The van der Waals surface area contributed by atoms with Crippen LogP contribution in [-0.4, -0.2) is 26.9 Å². The van der Waals surface area contributed by atoms with Gasteiger partial charge in [-0.1, -0.05) is 12.1 Å². The minimum absolute atomic E-state index is 0.0851. The van der Waals surface area contributed by atoms with Crippen molar-refractivity contribution in [2.75, 3.05) is 17.2 Å². The first-order valence-corrected chi connectivity index (χ1v) is 10.1. The molecule has 2 aromatic carbocycles. The predicted molar refractivity (Wildman–Crippen MR) is 103 cm³/mol. The molecule has 1 aliphatic heterocycles. The van der Waals surface area contributed by atoms with Gasteiger partial charge in [-0.3, -0.25) is 4.79 Å². The van der Waals surface area contributed by atoms with Crippen LogP contribution in [-0.2, 0) is 16.4 Å². The number of amides is 1. The van der Waals surface area contributed by atoms with Crippen LogP contribution in [0.3, 0.4) is 0 Å². The van der Waals surface area contributed by atoms with Crippen molar-refractivity contribution < 1.29 is 13.2 Å². The smallest absolute Gasteiger partial charge is 0.258 e. The summed E-state index contributed by atoms with van der Waals surface area (Å²) in [4.78, 5) is 14.8. The van der Waals surface area contributed by atoms with Crippen LogP contribution in [0.1, 0.15) is 36.2 Å². The van der Waals surface area contributed by atoms with Gasteiger partial charge in [0, 0.05) is 29.5 Å². The van der Waals surface area contributed by atoms with E-state index in [4.69, 9.17) is 5.73 Å². The number of carbonyl (C=O) groups excluding carboxylic acids is 1. The van der Waals surface area contributed by atoms with Crippen LogP contribution in [0.2, 0.25) is 0 Å². The van der Waals surface area contributed by atoms with Crippen LogP contribution < -0.4 is 15.4 Å². The summed E-state index contributed by atoms with van der Waals surface area (Å²) >= 11 is 0. The number of anilines is 2. The Morgan fingerprint density at radius 3 is 2.65 bits per heavy atom. The third-order valence-electron chi connectivity index (χ3n) is 4.31. The molecule has 0 bridgehead atoms. The number of nitrogens with zero attached hydrogens (tertiary/aromatic N) is 1. The number of nitrogen functional groups attached to an aromatic ring is 1. The number of nitrogens with two attached hydrogens (primary N) is 1. The number of benzene rings is 2. The largest absolute Gasteiger partial charge is 0.398 e. The van der Waals surface area contributed by atoms with Crippen molar-refractivity contribution in [1.29, 1.82) is 0 Å². The third-order valence-corrected chi connectivity index (χ3v) is 5.97. The number of fused-ring (bicyclic) bond motifs is 1. The van der Waals surface area contributed by atoms with Crippen molar-refractivity contribution in [1.82, 2.24) is 4.72 Å². The van der Waals surface area contributed by atoms with Crippen LogP contribution >= 0.6 is 0 Å². The van der Waals surface area contributed by atoms with Gasteiger partial charge in [0.15, 0.2) is 0 Å². The van der Waals surface area contributed by atoms with Crippen LogP contribution in [0, 0.1) is 0 Å². The number of hydrogen-bond acceptors (Lipinski definition) is 4. The van der Waals surface area contributed by atoms with E-state index < -0.39 is 10.0 Å². The molecule has 0 unspecified atom stereocenters. The average Bonchev–Trinajstić information content (AvgIpc) is 2.60. The van der Waals surface area contributed by atoms with Crippen molar-refractivity contribution in [2.45, 2.75) is 37.6 Å². The summed E-state index contributed by atoms with van der Waals surface area (Å²) in [6, 6.07) is 11.5. The fourth-order valence-electron chi connectivity index (χ4n) is 3.19. The summed E-state index contributed by atoms with van der Waals surface area (Å²) in [7, 11) is -3.65. The van der Waals surface area contributed by atoms with Gasteiger partial charge in [0.05, 0.1) is 4.90 Å². The van der Waals surface area contributed by atoms with Gasteiger partial charge in [0.25, 0.3) is 5.91 Å². The monoisotopic (exact) mass is 373 g/mol. The highest BCUT2D eigenvalue weighted by molar-refractivity contribution is 7.89. The molecule has 7 heteroatoms. The van der Waals surface area contributed by atoms with E-state index >= 15 is 0 Å². The third kappa shape index (κ3) is 3.59. The molecule has 0 aliphatic carbocycles. The Labute approximate surface area is 154 Å². The van der Waals surface area contributed by atoms with Gasteiger partial charge in [-0.15, -0.1) is 0 Å². The fourth-order valence-corrected chi connectivity index (χ4v) is 4.49. The lowest BCUT2D eigenvalue weighted by Crippen LogP contribution is -2.36. The molecular formula is C19H23N3O3S. The number of hydrogen-bond donors (Lipinski definition) is 2. The molecule has 0 fully saturated rings. The Bertz CT molecular complexity index is 939. The van der Waals surface area contributed by atoms with E-state index in [9.17, 15) is 13.2 Å². The highest BCUT2D eigenvalue weighted by atomic mass is 32.2. The lowest BCUT2D eigenvalue weighted by molar-refractivity contribution is 0.0985. The van der Waals surface area contributed by atoms with E-state index in [0.717, 1.165) is 24.1 Å². The molecule has 0 saturated heterocycles. The molecule has 3 N–H and O–H groups in total. The van der Waals surface area contributed by atoms with Crippen molar-refractivity contribution in [3.8, 4) is 0 Å². The molecule has 2 aromatic rings. The normalized spacial score (nSPS) is 14.3. The molecule has 0 spiro atoms. The van der Waals surface area contributed by atoms with Gasteiger partial charge < -0.3 is 10.6 Å². The number of rotatable bonds is 4. The molecule has 1 amide bonds. The van der Waals surface area contributed by atoms with E-state index in [2.05, 4.69) is 4.72 Å². The highest BCUT2D eigenvalue weighted by Crippen LogP contribution is 2.32. The van der Waals surface area contributed by atoms with Gasteiger partial charge in [0.2, 0.25) is 10.0 Å². The lowest BCUT2D eigenvalue weighted by atomic mass is 9.99. The van der Waals surface area contributed by atoms with Crippen molar-refractivity contribution in [3.05, 3.63) is 53.6 Å². The van der Waals surface area contributed by atoms with Crippen LogP contribution in [0.15, 0.2) is 47.4 Å². The second-order valence-corrected chi connectivity index (χ2v) is 8.42. The minimum Gasteiger partial charge on any atom is -0.398 e. The Morgan fingerprint density at radius 1 is 1.19 bits per heavy atom. The van der Waals surface area contributed by atoms with E-state index in [1.54, 1.807) is 30.9 Å². The first kappa shape index (κ1) is 18.4. The SMILES string of the molecule is CC(C)NS(=O)(=O)c1cccc(C(=O)N2CCCc3c(N)cccc32)c1. The van der Waals surface area contributed by atoms with Crippen molar-refractivity contribution in [3.63, 3.8) is 0 Å². The van der Waals surface area contributed by atoms with E-state index in [0.29, 0.717) is 17.8 Å². The molecule has 0 atom stereocenters. The summed E-state index contributed by atoms with van der Waals surface area (Å²) in [6.07, 6.45) is 1.65. The van der Waals surface area contributed by atoms with Crippen molar-refractivity contribution >= 4 is 27.3 Å². The quantitative estimate of drug-likeness (QED) is 0.806. The Morgan fingerprint density at radius 2 is 1.92 bits per heavy atom. The van der Waals surface area contributed by atoms with E-state index in [-0.39, 0.29) is 16.8 Å². The summed E-state index contributed by atoms with van der Waals surface area (Å²) < 4.78 is 27.3. The first-order valence-electron chi connectivity index (χ1n) is 8.61. The molecule has 0 radical (unpaired) electrons. The lowest BCUT2D eigenvalue weighted by Gasteiger charge is -2.30. The first-order chi connectivity index (χ1) is 12.3. The predicted octanol–water partition coefficient (Wildman–Crippen LogP) is 2.55. The Kier molecular flexibility index (Phi) is 5.02. The highest BCUT2D eigenvalue weighted by Gasteiger charge is 2.26. The maximum absolute atomic E-state index is 13.0. The topological polar surface area (TPSA) is 92.5 Å². The molecule has 138 valence electrons. The van der Waals surface area contributed by atoms with E-state index in [1.165, 1.54) is 12.1 Å². The zero-order valence-corrected chi connectivity index (χ0v) is 15.7. The molecule has 26 heavy (non-hydrogen) atoms. The number of sulfonamides is 1. The van der Waals surface area contributed by atoms with E-state index in [1.807, 2.05) is 18.2 Å². The summed E-state index contributed by atoms with van der Waals surface area (Å²) in [6.45, 7) is 4.08. The molecule has 0 saturated carbocycles. The van der Waals surface area contributed by atoms with Crippen molar-refractivity contribution in [2.24, 2.45) is 0 Å². The van der Waals surface area contributed by atoms with Crippen LogP contribution in [0.25, 0.3) is 0 Å². The van der Waals surface area contributed by atoms with Gasteiger partial charge in [-0.05, 0) is 62.6 Å². The van der Waals surface area contributed by atoms with Crippen LogP contribution in [0.4, 0.5) is 11.4 Å².